The van der Waals surface area contributed by atoms with Crippen LogP contribution in [0, 0.1) is 0 Å². The van der Waals surface area contributed by atoms with Gasteiger partial charge in [0, 0.05) is 12.8 Å². The highest BCUT2D eigenvalue weighted by molar-refractivity contribution is 7.45. The molecule has 0 spiro atoms. The Morgan fingerprint density at radius 3 is 1.45 bits per heavy atom. The molecule has 0 aromatic carbocycles. The van der Waals surface area contributed by atoms with E-state index in [0.717, 1.165) is 83.5 Å². The van der Waals surface area contributed by atoms with Crippen LogP contribution in [0.15, 0.2) is 85.1 Å². The number of hydrogen-bond acceptors (Lipinski definition) is 8. The van der Waals surface area contributed by atoms with E-state index in [2.05, 4.69) is 98.9 Å². The number of nitrogens with zero attached hydrogens (tertiary/aromatic N) is 1. The molecule has 0 saturated heterocycles. The molecule has 10 heteroatoms. The van der Waals surface area contributed by atoms with Gasteiger partial charge in [0.25, 0.3) is 7.82 Å². The van der Waals surface area contributed by atoms with Gasteiger partial charge in [-0.25, -0.2) is 0 Å². The van der Waals surface area contributed by atoms with Crippen LogP contribution in [0.1, 0.15) is 155 Å². The first-order valence-corrected chi connectivity index (χ1v) is 23.8. The van der Waals surface area contributed by atoms with Crippen molar-refractivity contribution in [2.75, 3.05) is 47.5 Å². The van der Waals surface area contributed by atoms with Crippen molar-refractivity contribution in [3.63, 3.8) is 0 Å². The van der Waals surface area contributed by atoms with Crippen molar-refractivity contribution in [2.24, 2.45) is 0 Å². The third kappa shape index (κ3) is 42.8. The predicted octanol–water partition coefficient (Wildman–Crippen LogP) is 12.2. The van der Waals surface area contributed by atoms with Gasteiger partial charge in [-0.3, -0.25) is 14.2 Å². The van der Waals surface area contributed by atoms with Crippen LogP contribution in [0.5, 0.6) is 0 Å². The molecule has 0 N–H and O–H groups in total. The molecule has 0 heterocycles. The summed E-state index contributed by atoms with van der Waals surface area (Å²) in [5.41, 5.74) is 0. The van der Waals surface area contributed by atoms with Crippen molar-refractivity contribution in [3.8, 4) is 0 Å². The SMILES string of the molecule is CCC/C=C/C/C=C/C/C=C/C/C=C/CCCCCC(=O)O[C@H](COC(=O)CCCCCC/C=C/C/C=C/C/C=C/CCCCC)COP(=O)([O-])OCC[N+](C)(C)C. The summed E-state index contributed by atoms with van der Waals surface area (Å²) in [5.74, 6) is -0.905. The first kappa shape index (κ1) is 55.2. The fourth-order valence-electron chi connectivity index (χ4n) is 5.36. The lowest BCUT2D eigenvalue weighted by atomic mass is 10.1. The highest BCUT2D eigenvalue weighted by Gasteiger charge is 2.21. The molecular formula is C48H82NO8P. The fourth-order valence-corrected chi connectivity index (χ4v) is 6.08. The zero-order valence-electron chi connectivity index (χ0n) is 37.2. The van der Waals surface area contributed by atoms with E-state index in [4.69, 9.17) is 18.5 Å². The van der Waals surface area contributed by atoms with Gasteiger partial charge in [0.15, 0.2) is 6.10 Å². The van der Waals surface area contributed by atoms with E-state index in [1.54, 1.807) is 0 Å². The second-order valence-corrected chi connectivity index (χ2v) is 17.1. The van der Waals surface area contributed by atoms with Crippen molar-refractivity contribution in [3.05, 3.63) is 85.1 Å². The molecule has 0 radical (unpaired) electrons. The van der Waals surface area contributed by atoms with Crippen molar-refractivity contribution in [1.82, 2.24) is 0 Å². The van der Waals surface area contributed by atoms with E-state index >= 15 is 0 Å². The standard InChI is InChI=1S/C48H82NO8P/c1-6-8-10-12-14-16-18-20-22-24-26-28-30-32-34-36-38-40-47(50)54-44-46(45-56-58(52,53)55-43-42-49(3,4)5)57-48(51)41-39-37-35-33-31-29-27-25-23-21-19-17-15-13-11-9-7-2/h11,13-14,16-17,19-20,22-23,25-26,28-29,31,46H,6-10,12,15,18,21,24,27,30,32-45H2,1-5H3/b13-11+,16-14+,19-17+,22-20+,25-23+,28-26+,31-29+/t46-/m1/s1. The number of phosphoric acid groups is 1. The maximum absolute atomic E-state index is 12.7. The number of quaternary nitrogens is 1. The quantitative estimate of drug-likeness (QED) is 0.0198. The van der Waals surface area contributed by atoms with Gasteiger partial charge in [0.1, 0.15) is 19.8 Å². The van der Waals surface area contributed by atoms with Gasteiger partial charge in [-0.1, -0.05) is 137 Å². The lowest BCUT2D eigenvalue weighted by molar-refractivity contribution is -0.870. The summed E-state index contributed by atoms with van der Waals surface area (Å²) in [7, 11) is 1.11. The third-order valence-electron chi connectivity index (χ3n) is 8.87. The molecule has 2 atom stereocenters. The summed E-state index contributed by atoms with van der Waals surface area (Å²) in [6.07, 6.45) is 50.3. The smallest absolute Gasteiger partial charge is 0.306 e. The minimum atomic E-state index is -4.65. The minimum Gasteiger partial charge on any atom is -0.756 e. The molecule has 0 amide bonds. The molecule has 0 aliphatic rings. The molecule has 58 heavy (non-hydrogen) atoms. The maximum atomic E-state index is 12.7. The Hall–Kier alpha value is -2.81. The normalized spacial score (nSPS) is 14.4. The minimum absolute atomic E-state index is 0.0460. The Morgan fingerprint density at radius 2 is 0.966 bits per heavy atom. The number of hydrogen-bond donors (Lipinski definition) is 0. The summed E-state index contributed by atoms with van der Waals surface area (Å²) >= 11 is 0. The van der Waals surface area contributed by atoms with Gasteiger partial charge in [-0.15, -0.1) is 0 Å². The van der Waals surface area contributed by atoms with E-state index in [-0.39, 0.29) is 26.1 Å². The number of ether oxygens (including phenoxy) is 2. The van der Waals surface area contributed by atoms with Crippen LogP contribution < -0.4 is 4.89 Å². The average molecular weight is 832 g/mol. The molecule has 0 aromatic heterocycles. The van der Waals surface area contributed by atoms with Gasteiger partial charge in [0.2, 0.25) is 0 Å². The highest BCUT2D eigenvalue weighted by Crippen LogP contribution is 2.38. The second kappa shape index (κ2) is 39.6. The molecule has 0 aliphatic carbocycles. The zero-order chi connectivity index (χ0) is 42.8. The topological polar surface area (TPSA) is 111 Å². The Bertz CT molecular complexity index is 1260. The number of carbonyl (C=O) groups is 2. The molecule has 0 saturated carbocycles. The Kier molecular flexibility index (Phi) is 37.7. The van der Waals surface area contributed by atoms with Crippen LogP contribution in [-0.2, 0) is 32.7 Å². The summed E-state index contributed by atoms with van der Waals surface area (Å²) < 4.78 is 33.8. The van der Waals surface area contributed by atoms with Crippen molar-refractivity contribution in [2.45, 2.75) is 161 Å². The first-order chi connectivity index (χ1) is 28.0. The summed E-state index contributed by atoms with van der Waals surface area (Å²) in [6.45, 7) is 4.04. The largest absolute Gasteiger partial charge is 0.756 e. The van der Waals surface area contributed by atoms with Crippen LogP contribution in [-0.4, -0.2) is 70.0 Å². The molecule has 0 fully saturated rings. The Morgan fingerprint density at radius 1 is 0.534 bits per heavy atom. The summed E-state index contributed by atoms with van der Waals surface area (Å²) in [4.78, 5) is 37.5. The van der Waals surface area contributed by atoms with E-state index in [9.17, 15) is 19.0 Å². The Labute approximate surface area is 354 Å². The van der Waals surface area contributed by atoms with E-state index in [0.29, 0.717) is 23.9 Å². The molecule has 332 valence electrons. The molecule has 0 bridgehead atoms. The predicted molar refractivity (Wildman–Crippen MR) is 240 cm³/mol. The molecular weight excluding hydrogens is 750 g/mol. The lowest BCUT2D eigenvalue weighted by Gasteiger charge is -2.28. The third-order valence-corrected chi connectivity index (χ3v) is 9.83. The molecule has 1 unspecified atom stereocenters. The molecule has 0 aromatic rings. The van der Waals surface area contributed by atoms with Crippen LogP contribution in [0.2, 0.25) is 0 Å². The number of unbranched alkanes of at least 4 members (excludes halogenated alkanes) is 11. The second-order valence-electron chi connectivity index (χ2n) is 15.7. The lowest BCUT2D eigenvalue weighted by Crippen LogP contribution is -2.37. The number of rotatable bonds is 39. The number of esters is 2. The maximum Gasteiger partial charge on any atom is 0.306 e. The van der Waals surface area contributed by atoms with E-state index < -0.39 is 32.5 Å². The summed E-state index contributed by atoms with van der Waals surface area (Å²) in [5, 5.41) is 0. The average Bonchev–Trinajstić information content (AvgIpc) is 3.17. The number of likely N-dealkylation sites (N-methyl/N-ethyl adjacent to an activating group) is 1. The zero-order valence-corrected chi connectivity index (χ0v) is 38.1. The first-order valence-electron chi connectivity index (χ1n) is 22.3. The van der Waals surface area contributed by atoms with Gasteiger partial charge in [0.05, 0.1) is 27.7 Å². The Balaban J connectivity index is 4.48. The van der Waals surface area contributed by atoms with Crippen LogP contribution in [0.25, 0.3) is 0 Å². The van der Waals surface area contributed by atoms with E-state index in [1.807, 2.05) is 21.1 Å². The molecule has 0 rings (SSSR count). The molecule has 9 nitrogen and oxygen atoms in total. The van der Waals surface area contributed by atoms with Gasteiger partial charge in [-0.2, -0.15) is 0 Å². The van der Waals surface area contributed by atoms with Crippen molar-refractivity contribution in [1.29, 1.82) is 0 Å². The fraction of sp³-hybridized carbons (Fsp3) is 0.667. The monoisotopic (exact) mass is 832 g/mol. The van der Waals surface area contributed by atoms with Crippen LogP contribution in [0.4, 0.5) is 0 Å². The van der Waals surface area contributed by atoms with Gasteiger partial charge in [-0.05, 0) is 89.9 Å². The number of allylic oxidation sites excluding steroid dienone is 14. The van der Waals surface area contributed by atoms with Crippen molar-refractivity contribution >= 4 is 19.8 Å². The van der Waals surface area contributed by atoms with Crippen molar-refractivity contribution < 1.29 is 42.1 Å². The van der Waals surface area contributed by atoms with E-state index in [1.165, 1.54) is 32.1 Å². The number of carbonyl (C=O) groups excluding carboxylic acids is 2. The van der Waals surface area contributed by atoms with Crippen LogP contribution in [0.3, 0.4) is 0 Å². The van der Waals surface area contributed by atoms with Gasteiger partial charge < -0.3 is 27.9 Å². The summed E-state index contributed by atoms with van der Waals surface area (Å²) in [6, 6.07) is 0. The highest BCUT2D eigenvalue weighted by atomic mass is 31.2. The van der Waals surface area contributed by atoms with Gasteiger partial charge >= 0.3 is 11.9 Å². The van der Waals surface area contributed by atoms with Crippen LogP contribution >= 0.6 is 7.82 Å². The number of phosphoric ester groups is 1. The molecule has 0 aliphatic heterocycles.